The van der Waals surface area contributed by atoms with Crippen LogP contribution in [0.4, 0.5) is 5.69 Å². The van der Waals surface area contributed by atoms with Crippen LogP contribution >= 0.6 is 0 Å². The standard InChI is InChI=1S/C21H32N4O2/c1-4-22-8-10-24(11-9-22)20(26)16-21(27)25-14-12-23(13-15-25)19-7-5-6-17(2)18(19)3/h5-7H,4,8-16H2,1-3H3. The molecule has 0 spiro atoms. The summed E-state index contributed by atoms with van der Waals surface area (Å²) < 4.78 is 0. The van der Waals surface area contributed by atoms with Gasteiger partial charge >= 0.3 is 0 Å². The number of carbonyl (C=O) groups is 2. The Bertz CT molecular complexity index is 675. The third-order valence-electron chi connectivity index (χ3n) is 6.02. The predicted octanol–water partition coefficient (Wildman–Crippen LogP) is 1.51. The number of amides is 2. The highest BCUT2D eigenvalue weighted by atomic mass is 16.2. The summed E-state index contributed by atoms with van der Waals surface area (Å²) in [5, 5.41) is 0. The molecule has 0 aromatic heterocycles. The van der Waals surface area contributed by atoms with Gasteiger partial charge in [-0.1, -0.05) is 19.1 Å². The van der Waals surface area contributed by atoms with Crippen LogP contribution in [0.3, 0.4) is 0 Å². The second kappa shape index (κ2) is 8.74. The van der Waals surface area contributed by atoms with Crippen molar-refractivity contribution in [1.82, 2.24) is 14.7 Å². The normalized spacial score (nSPS) is 18.7. The van der Waals surface area contributed by atoms with Crippen molar-refractivity contribution in [1.29, 1.82) is 0 Å². The van der Waals surface area contributed by atoms with Crippen LogP contribution in [-0.4, -0.2) is 85.4 Å². The molecule has 0 radical (unpaired) electrons. The lowest BCUT2D eigenvalue weighted by Crippen LogP contribution is -2.52. The Hall–Kier alpha value is -2.08. The summed E-state index contributed by atoms with van der Waals surface area (Å²) in [5.41, 5.74) is 3.85. The van der Waals surface area contributed by atoms with Gasteiger partial charge in [0.1, 0.15) is 6.42 Å². The van der Waals surface area contributed by atoms with Crippen molar-refractivity contribution in [3.63, 3.8) is 0 Å². The summed E-state index contributed by atoms with van der Waals surface area (Å²) >= 11 is 0. The van der Waals surface area contributed by atoms with Crippen LogP contribution in [0.25, 0.3) is 0 Å². The summed E-state index contributed by atoms with van der Waals surface area (Å²) in [5.74, 6) is -0.0498. The molecule has 2 aliphatic rings. The molecule has 0 aliphatic carbocycles. The molecule has 2 amide bonds. The molecule has 2 saturated heterocycles. The van der Waals surface area contributed by atoms with Gasteiger partial charge in [0.2, 0.25) is 11.8 Å². The van der Waals surface area contributed by atoms with Gasteiger partial charge in [0.25, 0.3) is 0 Å². The maximum atomic E-state index is 12.6. The number of piperazine rings is 2. The van der Waals surface area contributed by atoms with Crippen LogP contribution < -0.4 is 4.90 Å². The quantitative estimate of drug-likeness (QED) is 0.752. The number of anilines is 1. The van der Waals surface area contributed by atoms with Crippen molar-refractivity contribution < 1.29 is 9.59 Å². The van der Waals surface area contributed by atoms with E-state index in [0.717, 1.165) is 45.8 Å². The number of aryl methyl sites for hydroxylation is 1. The number of benzene rings is 1. The van der Waals surface area contributed by atoms with Gasteiger partial charge in [-0.3, -0.25) is 9.59 Å². The summed E-state index contributed by atoms with van der Waals surface area (Å²) in [7, 11) is 0. The minimum atomic E-state index is -0.0291. The van der Waals surface area contributed by atoms with Crippen LogP contribution in [0.5, 0.6) is 0 Å². The van der Waals surface area contributed by atoms with Gasteiger partial charge in [-0.25, -0.2) is 0 Å². The van der Waals surface area contributed by atoms with Crippen LogP contribution in [0.2, 0.25) is 0 Å². The van der Waals surface area contributed by atoms with Crippen LogP contribution in [0, 0.1) is 13.8 Å². The first-order valence-corrected chi connectivity index (χ1v) is 10.1. The second-order valence-electron chi connectivity index (χ2n) is 7.58. The van der Waals surface area contributed by atoms with E-state index >= 15 is 0 Å². The van der Waals surface area contributed by atoms with Gasteiger partial charge in [0, 0.05) is 58.0 Å². The average Bonchev–Trinajstić information content (AvgIpc) is 2.70. The highest BCUT2D eigenvalue weighted by Crippen LogP contribution is 2.24. The topological polar surface area (TPSA) is 47.1 Å². The van der Waals surface area contributed by atoms with E-state index < -0.39 is 0 Å². The molecule has 3 rings (SSSR count). The lowest BCUT2D eigenvalue weighted by atomic mass is 10.1. The third-order valence-corrected chi connectivity index (χ3v) is 6.02. The number of nitrogens with zero attached hydrogens (tertiary/aromatic N) is 4. The second-order valence-corrected chi connectivity index (χ2v) is 7.58. The fourth-order valence-electron chi connectivity index (χ4n) is 3.94. The molecule has 6 nitrogen and oxygen atoms in total. The van der Waals surface area contributed by atoms with Crippen molar-refractivity contribution in [3.05, 3.63) is 29.3 Å². The largest absolute Gasteiger partial charge is 0.368 e. The Morgan fingerprint density at radius 3 is 1.96 bits per heavy atom. The number of rotatable bonds is 4. The van der Waals surface area contributed by atoms with E-state index in [-0.39, 0.29) is 18.2 Å². The van der Waals surface area contributed by atoms with E-state index in [9.17, 15) is 9.59 Å². The highest BCUT2D eigenvalue weighted by molar-refractivity contribution is 5.97. The molecule has 6 heteroatoms. The molecule has 2 aliphatic heterocycles. The van der Waals surface area contributed by atoms with Crippen LogP contribution in [0.1, 0.15) is 24.5 Å². The Kier molecular flexibility index (Phi) is 6.37. The van der Waals surface area contributed by atoms with Gasteiger partial charge in [-0.2, -0.15) is 0 Å². The van der Waals surface area contributed by atoms with Crippen molar-refractivity contribution in [2.24, 2.45) is 0 Å². The highest BCUT2D eigenvalue weighted by Gasteiger charge is 2.27. The molecule has 0 N–H and O–H groups in total. The fraction of sp³-hybridized carbons (Fsp3) is 0.619. The van der Waals surface area contributed by atoms with Crippen LogP contribution in [-0.2, 0) is 9.59 Å². The van der Waals surface area contributed by atoms with Gasteiger partial charge in [-0.15, -0.1) is 0 Å². The Balaban J connectivity index is 1.48. The zero-order valence-electron chi connectivity index (χ0n) is 16.9. The van der Waals surface area contributed by atoms with Crippen LogP contribution in [0.15, 0.2) is 18.2 Å². The predicted molar refractivity (Wildman–Crippen MR) is 108 cm³/mol. The molecule has 0 bridgehead atoms. The molecule has 0 saturated carbocycles. The SMILES string of the molecule is CCN1CCN(C(=O)CC(=O)N2CCN(c3cccc(C)c3C)CC2)CC1. The van der Waals surface area contributed by atoms with Crippen molar-refractivity contribution in [2.45, 2.75) is 27.2 Å². The van der Waals surface area contributed by atoms with Gasteiger partial charge in [-0.05, 0) is 37.6 Å². The molecule has 0 atom stereocenters. The molecular weight excluding hydrogens is 340 g/mol. The van der Waals surface area contributed by atoms with E-state index in [4.69, 9.17) is 0 Å². The third kappa shape index (κ3) is 4.61. The minimum Gasteiger partial charge on any atom is -0.368 e. The fourth-order valence-corrected chi connectivity index (χ4v) is 3.94. The molecular formula is C21H32N4O2. The molecule has 1 aromatic rings. The average molecular weight is 373 g/mol. The van der Waals surface area contributed by atoms with E-state index in [1.165, 1.54) is 16.8 Å². The lowest BCUT2D eigenvalue weighted by molar-refractivity contribution is -0.141. The van der Waals surface area contributed by atoms with E-state index in [1.807, 2.05) is 9.80 Å². The molecule has 2 heterocycles. The zero-order chi connectivity index (χ0) is 19.4. The number of carbonyl (C=O) groups excluding carboxylic acids is 2. The summed E-state index contributed by atoms with van der Waals surface area (Å²) in [6.07, 6.45) is 0.00952. The molecule has 2 fully saturated rings. The summed E-state index contributed by atoms with van der Waals surface area (Å²) in [6.45, 7) is 13.7. The monoisotopic (exact) mass is 372 g/mol. The number of hydrogen-bond acceptors (Lipinski definition) is 4. The Morgan fingerprint density at radius 2 is 1.41 bits per heavy atom. The first kappa shape index (κ1) is 19.7. The van der Waals surface area contributed by atoms with Gasteiger partial charge in [0.05, 0.1) is 0 Å². The molecule has 0 unspecified atom stereocenters. The van der Waals surface area contributed by atoms with Crippen molar-refractivity contribution in [3.8, 4) is 0 Å². The smallest absolute Gasteiger partial charge is 0.232 e. The first-order valence-electron chi connectivity index (χ1n) is 10.1. The maximum Gasteiger partial charge on any atom is 0.232 e. The number of hydrogen-bond donors (Lipinski definition) is 0. The molecule has 1 aromatic carbocycles. The first-order chi connectivity index (χ1) is 13.0. The molecule has 27 heavy (non-hydrogen) atoms. The molecule has 148 valence electrons. The Labute approximate surface area is 162 Å². The Morgan fingerprint density at radius 1 is 0.852 bits per heavy atom. The van der Waals surface area contributed by atoms with Crippen molar-refractivity contribution in [2.75, 3.05) is 63.8 Å². The van der Waals surface area contributed by atoms with Crippen molar-refractivity contribution >= 4 is 17.5 Å². The number of likely N-dealkylation sites (N-methyl/N-ethyl adjacent to an activating group) is 1. The zero-order valence-corrected chi connectivity index (χ0v) is 16.9. The minimum absolute atomic E-state index is 0.00952. The van der Waals surface area contributed by atoms with E-state index in [0.29, 0.717) is 13.1 Å². The van der Waals surface area contributed by atoms with Gasteiger partial charge < -0.3 is 19.6 Å². The summed E-state index contributed by atoms with van der Waals surface area (Å²) in [4.78, 5) is 33.4. The van der Waals surface area contributed by atoms with Gasteiger partial charge in [0.15, 0.2) is 0 Å². The lowest BCUT2D eigenvalue weighted by Gasteiger charge is -2.38. The van der Waals surface area contributed by atoms with E-state index in [2.05, 4.69) is 48.8 Å². The summed E-state index contributed by atoms with van der Waals surface area (Å²) in [6, 6.07) is 6.37. The maximum absolute atomic E-state index is 12.6. The van der Waals surface area contributed by atoms with E-state index in [1.54, 1.807) is 0 Å².